The fraction of sp³-hybridized carbons (Fsp3) is 0.263. The number of unbranched alkanes of at least 4 members (excludes halogenated alkanes) is 1. The monoisotopic (exact) mass is 336 g/mol. The van der Waals surface area contributed by atoms with Crippen LogP contribution in [0.25, 0.3) is 10.8 Å². The maximum atomic E-state index is 12.8. The molecule has 128 valence electrons. The zero-order valence-corrected chi connectivity index (χ0v) is 14.0. The number of aromatic amines is 1. The molecule has 3 rings (SSSR count). The van der Waals surface area contributed by atoms with Gasteiger partial charge in [0.1, 0.15) is 0 Å². The normalized spacial score (nSPS) is 12.0. The average molecular weight is 336 g/mol. The number of carbonyl (C=O) groups is 1. The van der Waals surface area contributed by atoms with E-state index in [4.69, 9.17) is 0 Å². The van der Waals surface area contributed by atoms with Gasteiger partial charge in [-0.3, -0.25) is 14.6 Å². The van der Waals surface area contributed by atoms with E-state index in [-0.39, 0.29) is 23.2 Å². The van der Waals surface area contributed by atoms with Crippen LogP contribution in [-0.2, 0) is 0 Å². The van der Waals surface area contributed by atoms with Crippen LogP contribution in [0.4, 0.5) is 0 Å². The molecule has 0 radical (unpaired) electrons. The van der Waals surface area contributed by atoms with Crippen molar-refractivity contribution in [2.45, 2.75) is 32.2 Å². The summed E-state index contributed by atoms with van der Waals surface area (Å²) in [7, 11) is 0. The minimum absolute atomic E-state index is 0.145. The summed E-state index contributed by atoms with van der Waals surface area (Å²) in [6.07, 6.45) is 6.31. The summed E-state index contributed by atoms with van der Waals surface area (Å²) in [6, 6.07) is 10.6. The van der Waals surface area contributed by atoms with Crippen LogP contribution < -0.4 is 10.9 Å². The highest BCUT2D eigenvalue weighted by molar-refractivity contribution is 6.04. The Labute approximate surface area is 145 Å². The van der Waals surface area contributed by atoms with E-state index in [0.29, 0.717) is 10.8 Å². The first-order valence-corrected chi connectivity index (χ1v) is 8.39. The molecule has 1 atom stereocenters. The Hall–Kier alpha value is -3.02. The van der Waals surface area contributed by atoms with Crippen molar-refractivity contribution in [3.05, 3.63) is 70.4 Å². The van der Waals surface area contributed by atoms with Gasteiger partial charge < -0.3 is 5.32 Å². The van der Waals surface area contributed by atoms with Gasteiger partial charge >= 0.3 is 0 Å². The number of amides is 1. The fourth-order valence-corrected chi connectivity index (χ4v) is 2.83. The second-order valence-electron chi connectivity index (χ2n) is 5.90. The Morgan fingerprint density at radius 1 is 1.20 bits per heavy atom. The molecule has 1 amide bonds. The third-order valence-electron chi connectivity index (χ3n) is 4.15. The Bertz CT molecular complexity index is 921. The van der Waals surface area contributed by atoms with Gasteiger partial charge in [-0.1, -0.05) is 44.0 Å². The second kappa shape index (κ2) is 7.70. The Kier molecular flexibility index (Phi) is 5.18. The predicted octanol–water partition coefficient (Wildman–Crippen LogP) is 2.98. The number of fused-ring (bicyclic) bond motifs is 1. The molecule has 6 nitrogen and oxygen atoms in total. The number of nitrogens with one attached hydrogen (secondary N) is 2. The number of H-pyrrole nitrogens is 1. The Balaban J connectivity index is 1.92. The van der Waals surface area contributed by atoms with Gasteiger partial charge in [0, 0.05) is 17.8 Å². The van der Waals surface area contributed by atoms with E-state index in [1.807, 2.05) is 12.1 Å². The Morgan fingerprint density at radius 3 is 2.72 bits per heavy atom. The topological polar surface area (TPSA) is 87.7 Å². The van der Waals surface area contributed by atoms with Gasteiger partial charge in [0.15, 0.2) is 5.69 Å². The van der Waals surface area contributed by atoms with Crippen molar-refractivity contribution < 1.29 is 4.79 Å². The number of hydrogen-bond donors (Lipinski definition) is 2. The molecular weight excluding hydrogens is 316 g/mol. The maximum absolute atomic E-state index is 12.8. The summed E-state index contributed by atoms with van der Waals surface area (Å²) in [5, 5.41) is 10.4. The molecule has 6 heteroatoms. The minimum atomic E-state index is -0.308. The van der Waals surface area contributed by atoms with Crippen LogP contribution in [-0.4, -0.2) is 21.1 Å². The molecule has 0 aliphatic rings. The van der Waals surface area contributed by atoms with Crippen LogP contribution in [0.2, 0.25) is 0 Å². The number of carbonyl (C=O) groups excluding carboxylic acids is 1. The molecule has 0 saturated carbocycles. The van der Waals surface area contributed by atoms with Gasteiger partial charge in [-0.25, -0.2) is 5.10 Å². The highest BCUT2D eigenvalue weighted by Gasteiger charge is 2.19. The van der Waals surface area contributed by atoms with Crippen LogP contribution in [0, 0.1) is 0 Å². The van der Waals surface area contributed by atoms with E-state index in [1.54, 1.807) is 36.7 Å². The van der Waals surface area contributed by atoms with Crippen LogP contribution in [0.5, 0.6) is 0 Å². The lowest BCUT2D eigenvalue weighted by atomic mass is 10.0. The lowest BCUT2D eigenvalue weighted by Crippen LogP contribution is -2.30. The maximum Gasteiger partial charge on any atom is 0.272 e. The first-order chi connectivity index (χ1) is 12.2. The van der Waals surface area contributed by atoms with Crippen molar-refractivity contribution in [1.29, 1.82) is 0 Å². The molecule has 2 aromatic heterocycles. The molecule has 25 heavy (non-hydrogen) atoms. The molecule has 0 aliphatic heterocycles. The minimum Gasteiger partial charge on any atom is -0.344 e. The molecular formula is C19H20N4O2. The van der Waals surface area contributed by atoms with Crippen molar-refractivity contribution in [2.75, 3.05) is 0 Å². The van der Waals surface area contributed by atoms with Crippen molar-refractivity contribution in [3.63, 3.8) is 0 Å². The Morgan fingerprint density at radius 2 is 2.00 bits per heavy atom. The fourth-order valence-electron chi connectivity index (χ4n) is 2.83. The van der Waals surface area contributed by atoms with Gasteiger partial charge in [0.25, 0.3) is 11.5 Å². The van der Waals surface area contributed by atoms with E-state index >= 15 is 0 Å². The van der Waals surface area contributed by atoms with Crippen LogP contribution in [0.3, 0.4) is 0 Å². The SMILES string of the molecule is CCCC[C@H](NC(=O)c1n[nH]c(=O)c2ccccc12)c1cccnc1. The van der Waals surface area contributed by atoms with Crippen molar-refractivity contribution in [2.24, 2.45) is 0 Å². The first kappa shape index (κ1) is 16.8. The lowest BCUT2D eigenvalue weighted by Gasteiger charge is -2.18. The molecule has 3 aromatic rings. The summed E-state index contributed by atoms with van der Waals surface area (Å²) < 4.78 is 0. The smallest absolute Gasteiger partial charge is 0.272 e. The van der Waals surface area contributed by atoms with Crippen LogP contribution in [0.1, 0.15) is 48.3 Å². The molecule has 0 aliphatic carbocycles. The second-order valence-corrected chi connectivity index (χ2v) is 5.90. The van der Waals surface area contributed by atoms with Crippen molar-refractivity contribution in [1.82, 2.24) is 20.5 Å². The summed E-state index contributed by atoms with van der Waals surface area (Å²) in [6.45, 7) is 2.11. The van der Waals surface area contributed by atoms with Gasteiger partial charge in [0.05, 0.1) is 11.4 Å². The summed E-state index contributed by atoms with van der Waals surface area (Å²) >= 11 is 0. The number of rotatable bonds is 6. The average Bonchev–Trinajstić information content (AvgIpc) is 2.66. The number of benzene rings is 1. The first-order valence-electron chi connectivity index (χ1n) is 8.39. The van der Waals surface area contributed by atoms with E-state index in [0.717, 1.165) is 24.8 Å². The van der Waals surface area contributed by atoms with Crippen LogP contribution >= 0.6 is 0 Å². The third-order valence-corrected chi connectivity index (χ3v) is 4.15. The molecule has 0 fully saturated rings. The molecule has 0 unspecified atom stereocenters. The summed E-state index contributed by atoms with van der Waals surface area (Å²) in [5.74, 6) is -0.308. The summed E-state index contributed by atoms with van der Waals surface area (Å²) in [5.41, 5.74) is 0.876. The number of pyridine rings is 1. The highest BCUT2D eigenvalue weighted by Crippen LogP contribution is 2.20. The zero-order valence-electron chi connectivity index (χ0n) is 14.0. The molecule has 0 saturated heterocycles. The van der Waals surface area contributed by atoms with E-state index in [2.05, 4.69) is 27.4 Å². The number of hydrogen-bond acceptors (Lipinski definition) is 4. The van der Waals surface area contributed by atoms with Crippen molar-refractivity contribution >= 4 is 16.7 Å². The quantitative estimate of drug-likeness (QED) is 0.724. The van der Waals surface area contributed by atoms with E-state index in [9.17, 15) is 9.59 Å². The van der Waals surface area contributed by atoms with Crippen LogP contribution in [0.15, 0.2) is 53.6 Å². The molecule has 2 N–H and O–H groups in total. The summed E-state index contributed by atoms with van der Waals surface area (Å²) in [4.78, 5) is 28.8. The van der Waals surface area contributed by atoms with Crippen molar-refractivity contribution in [3.8, 4) is 0 Å². The molecule has 2 heterocycles. The molecule has 1 aromatic carbocycles. The predicted molar refractivity (Wildman–Crippen MR) is 96.3 cm³/mol. The van der Waals surface area contributed by atoms with Gasteiger partial charge in [-0.15, -0.1) is 0 Å². The largest absolute Gasteiger partial charge is 0.344 e. The van der Waals surface area contributed by atoms with E-state index < -0.39 is 0 Å². The standard InChI is InChI=1S/C19H20N4O2/c1-2-3-10-16(13-7-6-11-20-12-13)21-19(25)17-14-8-4-5-9-15(14)18(24)23-22-17/h4-9,11-12,16H,2-3,10H2,1H3,(H,21,25)(H,23,24)/t16-/m0/s1. The molecule has 0 spiro atoms. The van der Waals surface area contributed by atoms with Gasteiger partial charge in [-0.05, 0) is 24.1 Å². The lowest BCUT2D eigenvalue weighted by molar-refractivity contribution is 0.0930. The third kappa shape index (κ3) is 3.74. The van der Waals surface area contributed by atoms with Gasteiger partial charge in [0.2, 0.25) is 0 Å². The number of aromatic nitrogens is 3. The molecule has 0 bridgehead atoms. The van der Waals surface area contributed by atoms with E-state index in [1.165, 1.54) is 0 Å². The highest BCUT2D eigenvalue weighted by atomic mass is 16.2. The van der Waals surface area contributed by atoms with Gasteiger partial charge in [-0.2, -0.15) is 5.10 Å². The number of nitrogens with zero attached hydrogens (tertiary/aromatic N) is 2. The zero-order chi connectivity index (χ0) is 17.6.